The smallest absolute Gasteiger partial charge is 0.289 e. The van der Waals surface area contributed by atoms with E-state index in [0.29, 0.717) is 31.7 Å². The highest BCUT2D eigenvalue weighted by atomic mass is 35.5. The summed E-state index contributed by atoms with van der Waals surface area (Å²) in [5.41, 5.74) is 5.24. The molecule has 1 aliphatic heterocycles. The Morgan fingerprint density at radius 3 is 2.46 bits per heavy atom. The fraction of sp³-hybridized carbons (Fsp3) is 0.400. The van der Waals surface area contributed by atoms with Gasteiger partial charge in [-0.3, -0.25) is 4.90 Å². The summed E-state index contributed by atoms with van der Waals surface area (Å²) >= 11 is 0. The summed E-state index contributed by atoms with van der Waals surface area (Å²) < 4.78 is 29.2. The van der Waals surface area contributed by atoms with Crippen LogP contribution in [0.5, 0.6) is 0 Å². The van der Waals surface area contributed by atoms with Gasteiger partial charge in [0.05, 0.1) is 0 Å². The van der Waals surface area contributed by atoms with Gasteiger partial charge in [-0.25, -0.2) is 8.78 Å². The number of aliphatic hydroxyl groups excluding tert-OH is 1. The highest BCUT2D eigenvalue weighted by Gasteiger charge is 2.44. The van der Waals surface area contributed by atoms with Crippen LogP contribution in [0.25, 0.3) is 11.1 Å². The molecule has 0 bridgehead atoms. The minimum absolute atomic E-state index is 0. The number of aliphatic hydroxyl groups is 1. The number of nitrogens with zero attached hydrogens (tertiary/aromatic N) is 1. The quantitative estimate of drug-likeness (QED) is 0.729. The number of fused-ring (bicyclic) bond motifs is 3. The molecular formula is C20H23ClF2N2O. The maximum absolute atomic E-state index is 14.6. The van der Waals surface area contributed by atoms with Crippen LogP contribution in [-0.4, -0.2) is 48.7 Å². The van der Waals surface area contributed by atoms with Crippen molar-refractivity contribution in [1.29, 1.82) is 0 Å². The molecule has 2 aromatic rings. The summed E-state index contributed by atoms with van der Waals surface area (Å²) in [5, 5.41) is 12.5. The number of alkyl halides is 2. The standard InChI is InChI=1S/C20H22F2N2O.ClH/c21-20(22,13-25)19(24-9-7-23-8-10-24)15-5-6-18-16(12-15)11-14-3-1-2-4-17(14)18;/h1-6,12,19,23,25H,7-11,13H2;1H/t19-;/m0./s1. The van der Waals surface area contributed by atoms with E-state index >= 15 is 0 Å². The molecule has 6 heteroatoms. The van der Waals surface area contributed by atoms with Crippen molar-refractivity contribution in [2.24, 2.45) is 0 Å². The minimum Gasteiger partial charge on any atom is -0.390 e. The van der Waals surface area contributed by atoms with E-state index in [9.17, 15) is 13.9 Å². The molecule has 1 aliphatic carbocycles. The van der Waals surface area contributed by atoms with E-state index in [-0.39, 0.29) is 12.4 Å². The summed E-state index contributed by atoms with van der Waals surface area (Å²) in [6, 6.07) is 12.8. The van der Waals surface area contributed by atoms with Crippen LogP contribution >= 0.6 is 12.4 Å². The first-order valence-corrected chi connectivity index (χ1v) is 8.75. The Labute approximate surface area is 158 Å². The lowest BCUT2D eigenvalue weighted by Gasteiger charge is -2.39. The third-order valence-electron chi connectivity index (χ3n) is 5.26. The highest BCUT2D eigenvalue weighted by molar-refractivity contribution is 5.85. The van der Waals surface area contributed by atoms with Gasteiger partial charge < -0.3 is 10.4 Å². The van der Waals surface area contributed by atoms with Crippen molar-refractivity contribution >= 4 is 12.4 Å². The van der Waals surface area contributed by atoms with Crippen molar-refractivity contribution in [3.63, 3.8) is 0 Å². The van der Waals surface area contributed by atoms with Crippen molar-refractivity contribution in [3.05, 3.63) is 59.2 Å². The van der Waals surface area contributed by atoms with Gasteiger partial charge in [0.15, 0.2) is 0 Å². The minimum atomic E-state index is -3.17. The molecule has 1 saturated heterocycles. The number of hydrogen-bond donors (Lipinski definition) is 2. The molecule has 0 unspecified atom stereocenters. The Kier molecular flexibility index (Phi) is 5.63. The number of halogens is 3. The predicted octanol–water partition coefficient (Wildman–Crippen LogP) is 3.25. The number of rotatable bonds is 4. The van der Waals surface area contributed by atoms with Crippen LogP contribution < -0.4 is 5.32 Å². The van der Waals surface area contributed by atoms with Crippen LogP contribution in [0.15, 0.2) is 42.5 Å². The second-order valence-electron chi connectivity index (χ2n) is 6.86. The second-order valence-corrected chi connectivity index (χ2v) is 6.86. The van der Waals surface area contributed by atoms with Crippen LogP contribution in [0, 0.1) is 0 Å². The van der Waals surface area contributed by atoms with E-state index in [4.69, 9.17) is 0 Å². The topological polar surface area (TPSA) is 35.5 Å². The van der Waals surface area contributed by atoms with Crippen LogP contribution in [-0.2, 0) is 6.42 Å². The summed E-state index contributed by atoms with van der Waals surface area (Å²) in [7, 11) is 0. The summed E-state index contributed by atoms with van der Waals surface area (Å²) in [6.45, 7) is 1.34. The first-order valence-electron chi connectivity index (χ1n) is 8.75. The zero-order valence-corrected chi connectivity index (χ0v) is 15.2. The van der Waals surface area contributed by atoms with Crippen molar-refractivity contribution < 1.29 is 13.9 Å². The third kappa shape index (κ3) is 3.37. The predicted molar refractivity (Wildman–Crippen MR) is 101 cm³/mol. The summed E-state index contributed by atoms with van der Waals surface area (Å²) in [6.07, 6.45) is 0.776. The van der Waals surface area contributed by atoms with Crippen LogP contribution in [0.2, 0.25) is 0 Å². The van der Waals surface area contributed by atoms with Gasteiger partial charge in [-0.15, -0.1) is 12.4 Å². The van der Waals surface area contributed by atoms with E-state index < -0.39 is 18.6 Å². The van der Waals surface area contributed by atoms with Gasteiger partial charge in [-0.1, -0.05) is 42.5 Å². The molecule has 0 amide bonds. The lowest BCUT2D eigenvalue weighted by molar-refractivity contribution is -0.118. The molecule has 2 N–H and O–H groups in total. The Bertz CT molecular complexity index is 778. The maximum Gasteiger partial charge on any atom is 0.289 e. The van der Waals surface area contributed by atoms with Gasteiger partial charge in [-0.05, 0) is 34.2 Å². The van der Waals surface area contributed by atoms with Crippen LogP contribution in [0.1, 0.15) is 22.7 Å². The molecule has 2 aromatic carbocycles. The molecule has 2 aliphatic rings. The molecular weight excluding hydrogens is 358 g/mol. The van der Waals surface area contributed by atoms with Crippen LogP contribution in [0.4, 0.5) is 8.78 Å². The average Bonchev–Trinajstić information content (AvgIpc) is 3.00. The molecule has 0 spiro atoms. The van der Waals surface area contributed by atoms with Gasteiger partial charge in [0.2, 0.25) is 0 Å². The van der Waals surface area contributed by atoms with E-state index in [2.05, 4.69) is 17.4 Å². The van der Waals surface area contributed by atoms with Crippen molar-refractivity contribution in [2.45, 2.75) is 18.4 Å². The molecule has 4 rings (SSSR count). The average molecular weight is 381 g/mol. The third-order valence-corrected chi connectivity index (χ3v) is 5.26. The number of benzene rings is 2. The van der Waals surface area contributed by atoms with E-state index in [1.807, 2.05) is 24.3 Å². The molecule has 0 aromatic heterocycles. The van der Waals surface area contributed by atoms with E-state index in [1.165, 1.54) is 11.1 Å². The van der Waals surface area contributed by atoms with Crippen LogP contribution in [0.3, 0.4) is 0 Å². The van der Waals surface area contributed by atoms with Crippen molar-refractivity contribution in [2.75, 3.05) is 32.8 Å². The Balaban J connectivity index is 0.00000196. The van der Waals surface area contributed by atoms with Gasteiger partial charge in [-0.2, -0.15) is 0 Å². The number of piperazine rings is 1. The summed E-state index contributed by atoms with van der Waals surface area (Å²) in [4.78, 5) is 1.79. The lowest BCUT2D eigenvalue weighted by Crippen LogP contribution is -2.51. The molecule has 0 saturated carbocycles. The normalized spacial score (nSPS) is 18.0. The molecule has 1 atom stereocenters. The lowest BCUT2D eigenvalue weighted by atomic mass is 9.94. The molecule has 1 fully saturated rings. The summed E-state index contributed by atoms with van der Waals surface area (Å²) in [5.74, 6) is -3.17. The first kappa shape index (κ1) is 19.2. The largest absolute Gasteiger partial charge is 0.390 e. The fourth-order valence-electron chi connectivity index (χ4n) is 4.08. The Morgan fingerprint density at radius 1 is 1.04 bits per heavy atom. The van der Waals surface area contributed by atoms with Gasteiger partial charge in [0, 0.05) is 26.2 Å². The zero-order valence-electron chi connectivity index (χ0n) is 14.4. The van der Waals surface area contributed by atoms with E-state index in [1.54, 1.807) is 11.0 Å². The molecule has 3 nitrogen and oxygen atoms in total. The second kappa shape index (κ2) is 7.61. The zero-order chi connectivity index (χ0) is 17.4. The van der Waals surface area contributed by atoms with Gasteiger partial charge in [0.1, 0.15) is 12.6 Å². The number of hydrogen-bond acceptors (Lipinski definition) is 3. The van der Waals surface area contributed by atoms with E-state index in [0.717, 1.165) is 17.5 Å². The van der Waals surface area contributed by atoms with Crippen molar-refractivity contribution in [3.8, 4) is 11.1 Å². The molecule has 140 valence electrons. The molecule has 1 heterocycles. The van der Waals surface area contributed by atoms with Crippen molar-refractivity contribution in [1.82, 2.24) is 10.2 Å². The number of nitrogens with one attached hydrogen (secondary N) is 1. The van der Waals surface area contributed by atoms with Gasteiger partial charge >= 0.3 is 0 Å². The van der Waals surface area contributed by atoms with Gasteiger partial charge in [0.25, 0.3) is 5.92 Å². The molecule has 0 radical (unpaired) electrons. The SMILES string of the molecule is Cl.OCC(F)(F)[C@H](c1ccc2c(c1)Cc1ccccc1-2)N1CCNCC1. The monoisotopic (exact) mass is 380 g/mol. The highest BCUT2D eigenvalue weighted by Crippen LogP contribution is 2.41. The molecule has 26 heavy (non-hydrogen) atoms. The fourth-order valence-corrected chi connectivity index (χ4v) is 4.08. The first-order chi connectivity index (χ1) is 12.1. The Morgan fingerprint density at radius 2 is 1.73 bits per heavy atom. The maximum atomic E-state index is 14.6. The Hall–Kier alpha value is -1.53.